The van der Waals surface area contributed by atoms with E-state index in [2.05, 4.69) is 37.3 Å². The van der Waals surface area contributed by atoms with Gasteiger partial charge in [0.05, 0.1) is 29.8 Å². The lowest BCUT2D eigenvalue weighted by atomic mass is 9.92. The topological polar surface area (TPSA) is 227 Å². The number of aliphatic imine (C=N–C) groups is 2. The Morgan fingerprint density at radius 3 is 1.56 bits per heavy atom. The number of halogens is 2. The van der Waals surface area contributed by atoms with Gasteiger partial charge in [-0.15, -0.1) is 0 Å². The van der Waals surface area contributed by atoms with Gasteiger partial charge in [-0.2, -0.15) is 0 Å². The lowest BCUT2D eigenvalue weighted by Crippen LogP contribution is -2.39. The first-order valence-corrected chi connectivity index (χ1v) is 22.8. The Bertz CT molecular complexity index is 2830. The molecule has 2 aromatic heterocycles. The van der Waals surface area contributed by atoms with Crippen molar-refractivity contribution in [1.82, 2.24) is 20.6 Å². The summed E-state index contributed by atoms with van der Waals surface area (Å²) in [6.45, 7) is 7.44. The van der Waals surface area contributed by atoms with Crippen LogP contribution in [0.5, 0.6) is 23.0 Å². The van der Waals surface area contributed by atoms with E-state index in [0.29, 0.717) is 40.7 Å². The van der Waals surface area contributed by atoms with Crippen molar-refractivity contribution in [1.29, 1.82) is 0 Å². The number of carboxylic acids is 2. The number of benzene rings is 4. The van der Waals surface area contributed by atoms with Crippen molar-refractivity contribution in [3.8, 4) is 34.1 Å². The van der Waals surface area contributed by atoms with Crippen LogP contribution in [-0.4, -0.2) is 87.6 Å². The number of aliphatic hydroxyl groups excluding tert-OH is 2. The van der Waals surface area contributed by atoms with Gasteiger partial charge in [0.25, 0.3) is 0 Å². The molecule has 2 heterocycles. The van der Waals surface area contributed by atoms with Crippen molar-refractivity contribution in [2.45, 2.75) is 72.0 Å². The molecule has 366 valence electrons. The number of carboxylic acid groups (broad SMARTS) is 2. The molecule has 0 radical (unpaired) electrons. The monoisotopic (exact) mass is 992 g/mol. The van der Waals surface area contributed by atoms with Crippen LogP contribution >= 0.6 is 23.2 Å². The maximum absolute atomic E-state index is 11.6. The second kappa shape index (κ2) is 25.6. The number of nitrogens with one attached hydrogen (secondary N) is 2. The molecule has 0 fully saturated rings. The van der Waals surface area contributed by atoms with Crippen LogP contribution in [0.1, 0.15) is 55.6 Å². The van der Waals surface area contributed by atoms with Gasteiger partial charge in [-0.3, -0.25) is 40.2 Å². The zero-order valence-corrected chi connectivity index (χ0v) is 40.3. The summed E-state index contributed by atoms with van der Waals surface area (Å²) in [4.78, 5) is 39.8. The van der Waals surface area contributed by atoms with Crippen LogP contribution in [0.3, 0.4) is 0 Å². The van der Waals surface area contributed by atoms with E-state index in [-0.39, 0.29) is 49.6 Å². The lowest BCUT2D eigenvalue weighted by Gasteiger charge is -2.19. The van der Waals surface area contributed by atoms with E-state index in [4.69, 9.17) is 42.1 Å². The fourth-order valence-electron chi connectivity index (χ4n) is 7.38. The molecule has 0 aliphatic carbocycles. The fraction of sp³-hybridized carbons (Fsp3) is 0.269. The van der Waals surface area contributed by atoms with E-state index in [1.165, 1.54) is 0 Å². The highest BCUT2D eigenvalue weighted by atomic mass is 35.5. The molecule has 2 atom stereocenters. The van der Waals surface area contributed by atoms with Gasteiger partial charge in [0.1, 0.15) is 61.5 Å². The molecule has 0 aliphatic heterocycles. The highest BCUT2D eigenvalue weighted by Gasteiger charge is 2.21. The lowest BCUT2D eigenvalue weighted by molar-refractivity contribution is -0.141. The number of aliphatic hydroxyl groups is 2. The predicted molar refractivity (Wildman–Crippen MR) is 268 cm³/mol. The first-order valence-electron chi connectivity index (χ1n) is 22.0. The third-order valence-electron chi connectivity index (χ3n) is 11.2. The number of rotatable bonds is 26. The maximum atomic E-state index is 11.6. The number of pyridine rings is 2. The number of ether oxygens (including phenoxy) is 4. The van der Waals surface area contributed by atoms with Gasteiger partial charge in [0.15, 0.2) is 0 Å². The van der Waals surface area contributed by atoms with E-state index in [0.717, 1.165) is 55.6 Å². The van der Waals surface area contributed by atoms with Crippen molar-refractivity contribution >= 4 is 48.1 Å². The molecule has 0 saturated heterocycles. The van der Waals surface area contributed by atoms with Crippen molar-refractivity contribution in [3.05, 3.63) is 163 Å². The summed E-state index contributed by atoms with van der Waals surface area (Å²) < 4.78 is 25.2. The Balaban J connectivity index is 1.20. The van der Waals surface area contributed by atoms with Gasteiger partial charge >= 0.3 is 11.9 Å². The highest BCUT2D eigenvalue weighted by molar-refractivity contribution is 6.32. The summed E-state index contributed by atoms with van der Waals surface area (Å²) in [5.41, 5.74) is 10.1. The summed E-state index contributed by atoms with van der Waals surface area (Å²) in [6, 6.07) is 20.0. The van der Waals surface area contributed by atoms with Gasteiger partial charge in [-0.1, -0.05) is 59.6 Å². The quantitative estimate of drug-likeness (QED) is 0.0287. The van der Waals surface area contributed by atoms with Gasteiger partial charge in [0.2, 0.25) is 0 Å². The molecule has 0 unspecified atom stereocenters. The minimum absolute atomic E-state index is 0.0364. The summed E-state index contributed by atoms with van der Waals surface area (Å²) >= 11 is 13.6. The standard InChI is InChI=1S/C52H54Cl2N6O10/c1-31-37(29-69-49-15-47(67-27-35-11-33(17-55-3)19-57-21-35)39(13-43(49)53)23-59-45(25-61)51(63)64)7-5-9-41(31)42-10-6-8-38(32(42)2)30-70-50-16-48(68-28-36-12-34(18-56-4)20-58-22-36)40(14-44(50)54)24-60-46(26-62)52(65)66/h5-16,18-22,45-46,59-62H,3,17,23-30H2,1-2,4H3,(H,63,64)(H,65,66)/t45-,46+/m0/s1. The summed E-state index contributed by atoms with van der Waals surface area (Å²) in [5.74, 6) is -0.909. The van der Waals surface area contributed by atoms with Gasteiger partial charge in [0, 0.05) is 91.1 Å². The minimum Gasteiger partial charge on any atom is -0.488 e. The number of hydrogen-bond acceptors (Lipinski definition) is 14. The normalized spacial score (nSPS) is 12.1. The molecular weight excluding hydrogens is 940 g/mol. The second-order valence-electron chi connectivity index (χ2n) is 16.1. The third-order valence-corrected chi connectivity index (χ3v) is 11.8. The molecule has 6 rings (SSSR count). The fourth-order valence-corrected chi connectivity index (χ4v) is 7.86. The van der Waals surface area contributed by atoms with E-state index in [9.17, 15) is 30.0 Å². The van der Waals surface area contributed by atoms with Gasteiger partial charge in [-0.05, 0) is 83.8 Å². The Labute approximate surface area is 415 Å². The maximum Gasteiger partial charge on any atom is 0.323 e. The average molecular weight is 994 g/mol. The molecule has 4 aromatic carbocycles. The molecule has 70 heavy (non-hydrogen) atoms. The van der Waals surface area contributed by atoms with E-state index < -0.39 is 37.2 Å². The van der Waals surface area contributed by atoms with Crippen LogP contribution in [0, 0.1) is 13.8 Å². The Kier molecular flexibility index (Phi) is 19.2. The van der Waals surface area contributed by atoms with Crippen molar-refractivity contribution in [2.75, 3.05) is 20.3 Å². The smallest absolute Gasteiger partial charge is 0.323 e. The van der Waals surface area contributed by atoms with Crippen molar-refractivity contribution in [3.63, 3.8) is 0 Å². The molecule has 0 amide bonds. The van der Waals surface area contributed by atoms with Crippen LogP contribution in [0.15, 0.2) is 108 Å². The van der Waals surface area contributed by atoms with Crippen LogP contribution in [0.4, 0.5) is 0 Å². The van der Waals surface area contributed by atoms with Crippen molar-refractivity contribution < 1.29 is 49.0 Å². The molecule has 6 N–H and O–H groups in total. The number of aliphatic carboxylic acids is 2. The second-order valence-corrected chi connectivity index (χ2v) is 16.9. The first kappa shape index (κ1) is 52.5. The number of hydrogen-bond donors (Lipinski definition) is 6. The molecule has 6 aromatic rings. The van der Waals surface area contributed by atoms with E-state index in [1.54, 1.807) is 62.3 Å². The zero-order chi connectivity index (χ0) is 50.2. The predicted octanol–water partition coefficient (Wildman–Crippen LogP) is 7.70. The molecule has 0 bridgehead atoms. The number of nitrogens with zero attached hydrogens (tertiary/aromatic N) is 4. The SMILES string of the molecule is C=NCc1cncc(COc2cc(OCc3cccc(-c4cccc(COc5cc(OCc6cncc(C=NC)c6)c(CN[C@H](CO)C(=O)O)cc5Cl)c4C)c3C)c(Cl)cc2CN[C@@H](CO)C(=O)O)c1. The zero-order valence-electron chi connectivity index (χ0n) is 38.8. The summed E-state index contributed by atoms with van der Waals surface area (Å²) in [7, 11) is 1.67. The highest BCUT2D eigenvalue weighted by Crippen LogP contribution is 2.37. The van der Waals surface area contributed by atoms with Crippen LogP contribution in [0.25, 0.3) is 11.1 Å². The van der Waals surface area contributed by atoms with Gasteiger partial charge < -0.3 is 39.4 Å². The molecule has 16 nitrogen and oxygen atoms in total. The first-order chi connectivity index (χ1) is 33.8. The average Bonchev–Trinajstić information content (AvgIpc) is 3.34. The van der Waals surface area contributed by atoms with E-state index in [1.807, 2.05) is 62.4 Å². The van der Waals surface area contributed by atoms with E-state index >= 15 is 0 Å². The molecule has 0 aliphatic rings. The molecule has 0 spiro atoms. The summed E-state index contributed by atoms with van der Waals surface area (Å²) in [6.07, 6.45) is 8.43. The minimum atomic E-state index is -1.20. The van der Waals surface area contributed by atoms with Crippen LogP contribution in [0.2, 0.25) is 10.0 Å². The molecular formula is C52H54Cl2N6O10. The summed E-state index contributed by atoms with van der Waals surface area (Å²) in [5, 5.41) is 44.4. The molecule has 0 saturated carbocycles. The Morgan fingerprint density at radius 2 is 1.10 bits per heavy atom. The van der Waals surface area contributed by atoms with Crippen LogP contribution in [-0.2, 0) is 55.7 Å². The Morgan fingerprint density at radius 1 is 0.643 bits per heavy atom. The number of carbonyl (C=O) groups is 2. The Hall–Kier alpha value is -6.92. The van der Waals surface area contributed by atoms with Crippen LogP contribution < -0.4 is 29.6 Å². The third kappa shape index (κ3) is 14.1. The molecule has 18 heteroatoms. The van der Waals surface area contributed by atoms with Gasteiger partial charge in [-0.25, -0.2) is 0 Å². The van der Waals surface area contributed by atoms with Crippen molar-refractivity contribution in [2.24, 2.45) is 9.98 Å². The number of aromatic nitrogens is 2. The largest absolute Gasteiger partial charge is 0.488 e.